The molecule has 0 saturated heterocycles. The van der Waals surface area contributed by atoms with Gasteiger partial charge in [-0.25, -0.2) is 0 Å². The van der Waals surface area contributed by atoms with Gasteiger partial charge < -0.3 is 16.2 Å². The second kappa shape index (κ2) is 6.40. The third-order valence-electron chi connectivity index (χ3n) is 3.03. The second-order valence-corrected chi connectivity index (χ2v) is 4.76. The van der Waals surface area contributed by atoms with Crippen LogP contribution in [-0.4, -0.2) is 23.7 Å². The van der Waals surface area contributed by atoms with Gasteiger partial charge in [-0.05, 0) is 50.8 Å². The number of benzene rings is 1. The molecule has 1 atom stereocenters. The van der Waals surface area contributed by atoms with Crippen molar-refractivity contribution in [3.05, 3.63) is 28.8 Å². The van der Waals surface area contributed by atoms with Crippen molar-refractivity contribution in [2.75, 3.05) is 12.3 Å². The van der Waals surface area contributed by atoms with Crippen LogP contribution in [0.25, 0.3) is 0 Å². The Labute approximate surface area is 108 Å². The summed E-state index contributed by atoms with van der Waals surface area (Å²) in [6.07, 6.45) is 1.46. The van der Waals surface area contributed by atoms with Crippen LogP contribution in [0.3, 0.4) is 0 Å². The molecular formula is C14H22N2O2. The smallest absolute Gasteiger partial charge is 0.251 e. The number of aliphatic hydroxyl groups excluding tert-OH is 1. The number of amides is 1. The minimum absolute atomic E-state index is 0.0478. The lowest BCUT2D eigenvalue weighted by atomic mass is 10.0. The quantitative estimate of drug-likeness (QED) is 0.697. The molecular weight excluding hydrogens is 228 g/mol. The fourth-order valence-corrected chi connectivity index (χ4v) is 1.88. The van der Waals surface area contributed by atoms with Crippen LogP contribution in [0.15, 0.2) is 12.1 Å². The lowest BCUT2D eigenvalue weighted by molar-refractivity contribution is 0.0936. The SMILES string of the molecule is Cc1cc(C)c(C(=O)NC(C)CCCO)cc1N. The monoisotopic (exact) mass is 250 g/mol. The zero-order valence-corrected chi connectivity index (χ0v) is 11.3. The molecule has 1 aromatic carbocycles. The third kappa shape index (κ3) is 3.74. The van der Waals surface area contributed by atoms with Crippen molar-refractivity contribution in [2.24, 2.45) is 0 Å². The number of carbonyl (C=O) groups is 1. The molecule has 1 amide bonds. The summed E-state index contributed by atoms with van der Waals surface area (Å²) in [6, 6.07) is 3.69. The molecule has 0 radical (unpaired) electrons. The molecule has 0 spiro atoms. The number of carbonyl (C=O) groups excluding carboxylic acids is 1. The van der Waals surface area contributed by atoms with Crippen LogP contribution in [0.5, 0.6) is 0 Å². The predicted octanol–water partition coefficient (Wildman–Crippen LogP) is 1.78. The van der Waals surface area contributed by atoms with Gasteiger partial charge in [-0.15, -0.1) is 0 Å². The van der Waals surface area contributed by atoms with Crippen LogP contribution in [-0.2, 0) is 0 Å². The highest BCUT2D eigenvalue weighted by molar-refractivity contribution is 5.96. The van der Waals surface area contributed by atoms with E-state index < -0.39 is 0 Å². The molecule has 1 unspecified atom stereocenters. The molecule has 0 bridgehead atoms. The number of nitrogens with two attached hydrogens (primary N) is 1. The van der Waals surface area contributed by atoms with E-state index in [0.717, 1.165) is 17.5 Å². The minimum Gasteiger partial charge on any atom is -0.398 e. The second-order valence-electron chi connectivity index (χ2n) is 4.76. The number of aryl methyl sites for hydroxylation is 2. The summed E-state index contributed by atoms with van der Waals surface area (Å²) in [5, 5.41) is 11.7. The predicted molar refractivity (Wildman–Crippen MR) is 73.6 cm³/mol. The normalized spacial score (nSPS) is 12.2. The highest BCUT2D eigenvalue weighted by Gasteiger charge is 2.13. The summed E-state index contributed by atoms with van der Waals surface area (Å²) in [7, 11) is 0. The number of hydrogen-bond acceptors (Lipinski definition) is 3. The number of nitrogens with one attached hydrogen (secondary N) is 1. The Kier molecular flexibility index (Phi) is 5.16. The summed E-state index contributed by atoms with van der Waals surface area (Å²) in [4.78, 5) is 12.1. The van der Waals surface area contributed by atoms with Crippen LogP contribution < -0.4 is 11.1 Å². The van der Waals surface area contributed by atoms with Gasteiger partial charge in [0.1, 0.15) is 0 Å². The van der Waals surface area contributed by atoms with Gasteiger partial charge in [-0.3, -0.25) is 4.79 Å². The topological polar surface area (TPSA) is 75.3 Å². The molecule has 0 fully saturated rings. The van der Waals surface area contributed by atoms with Crippen LogP contribution in [0, 0.1) is 13.8 Å². The number of anilines is 1. The zero-order valence-electron chi connectivity index (χ0n) is 11.3. The van der Waals surface area contributed by atoms with Crippen LogP contribution >= 0.6 is 0 Å². The molecule has 0 heterocycles. The van der Waals surface area contributed by atoms with Crippen molar-refractivity contribution < 1.29 is 9.90 Å². The lowest BCUT2D eigenvalue weighted by Crippen LogP contribution is -2.33. The van der Waals surface area contributed by atoms with Gasteiger partial charge in [0, 0.05) is 23.9 Å². The van der Waals surface area contributed by atoms with Gasteiger partial charge in [-0.2, -0.15) is 0 Å². The van der Waals surface area contributed by atoms with Gasteiger partial charge >= 0.3 is 0 Å². The maximum absolute atomic E-state index is 12.1. The molecule has 0 aliphatic rings. The highest BCUT2D eigenvalue weighted by atomic mass is 16.2. The maximum Gasteiger partial charge on any atom is 0.251 e. The Morgan fingerprint density at radius 1 is 1.39 bits per heavy atom. The van der Waals surface area contributed by atoms with Crippen LogP contribution in [0.4, 0.5) is 5.69 Å². The number of hydrogen-bond donors (Lipinski definition) is 3. The first kappa shape index (κ1) is 14.5. The van der Waals surface area contributed by atoms with E-state index >= 15 is 0 Å². The van der Waals surface area contributed by atoms with E-state index in [1.807, 2.05) is 26.8 Å². The summed E-state index contributed by atoms with van der Waals surface area (Å²) in [5.41, 5.74) is 8.99. The van der Waals surface area contributed by atoms with Crippen molar-refractivity contribution in [1.82, 2.24) is 5.32 Å². The van der Waals surface area contributed by atoms with Crippen molar-refractivity contribution in [2.45, 2.75) is 39.7 Å². The van der Waals surface area contributed by atoms with Crippen LogP contribution in [0.2, 0.25) is 0 Å². The fraction of sp³-hybridized carbons (Fsp3) is 0.500. The van der Waals surface area contributed by atoms with E-state index in [2.05, 4.69) is 5.32 Å². The fourth-order valence-electron chi connectivity index (χ4n) is 1.88. The molecule has 0 saturated carbocycles. The molecule has 1 aromatic rings. The maximum atomic E-state index is 12.1. The molecule has 0 aromatic heterocycles. The lowest BCUT2D eigenvalue weighted by Gasteiger charge is -2.15. The molecule has 0 aliphatic carbocycles. The van der Waals surface area contributed by atoms with E-state index in [4.69, 9.17) is 10.8 Å². The number of aliphatic hydroxyl groups is 1. The first-order valence-electron chi connectivity index (χ1n) is 6.24. The summed E-state index contributed by atoms with van der Waals surface area (Å²) < 4.78 is 0. The molecule has 100 valence electrons. The van der Waals surface area contributed by atoms with Gasteiger partial charge in [0.25, 0.3) is 5.91 Å². The summed E-state index contributed by atoms with van der Waals surface area (Å²) in [6.45, 7) is 5.91. The molecule has 1 rings (SSSR count). The Morgan fingerprint density at radius 2 is 2.06 bits per heavy atom. The van der Waals surface area contributed by atoms with Crippen molar-refractivity contribution >= 4 is 11.6 Å². The molecule has 4 N–H and O–H groups in total. The molecule has 4 heteroatoms. The zero-order chi connectivity index (χ0) is 13.7. The van der Waals surface area contributed by atoms with Crippen LogP contribution in [0.1, 0.15) is 41.3 Å². The number of rotatable bonds is 5. The van der Waals surface area contributed by atoms with Crippen molar-refractivity contribution in [1.29, 1.82) is 0 Å². The summed E-state index contributed by atoms with van der Waals surface area (Å²) in [5.74, 6) is -0.107. The molecule has 0 aliphatic heterocycles. The first-order valence-corrected chi connectivity index (χ1v) is 6.24. The van der Waals surface area contributed by atoms with Crippen molar-refractivity contribution in [3.63, 3.8) is 0 Å². The first-order chi connectivity index (χ1) is 8.45. The van der Waals surface area contributed by atoms with E-state index in [1.54, 1.807) is 6.07 Å². The Bertz CT molecular complexity index is 430. The minimum atomic E-state index is -0.107. The number of nitrogen functional groups attached to an aromatic ring is 1. The average Bonchev–Trinajstić information content (AvgIpc) is 2.31. The summed E-state index contributed by atoms with van der Waals surface area (Å²) >= 11 is 0. The molecule has 4 nitrogen and oxygen atoms in total. The Balaban J connectivity index is 2.75. The van der Waals surface area contributed by atoms with E-state index in [1.165, 1.54) is 0 Å². The van der Waals surface area contributed by atoms with E-state index in [0.29, 0.717) is 17.7 Å². The van der Waals surface area contributed by atoms with Crippen molar-refractivity contribution in [3.8, 4) is 0 Å². The Morgan fingerprint density at radius 3 is 2.67 bits per heavy atom. The van der Waals surface area contributed by atoms with Gasteiger partial charge in [0.15, 0.2) is 0 Å². The standard InChI is InChI=1S/C14H22N2O2/c1-9-7-10(2)13(15)8-12(9)14(18)16-11(3)5-4-6-17/h7-8,11,17H,4-6,15H2,1-3H3,(H,16,18). The Hall–Kier alpha value is -1.55. The van der Waals surface area contributed by atoms with Gasteiger partial charge in [-0.1, -0.05) is 6.07 Å². The van der Waals surface area contributed by atoms with Gasteiger partial charge in [0.2, 0.25) is 0 Å². The van der Waals surface area contributed by atoms with E-state index in [9.17, 15) is 4.79 Å². The molecule has 18 heavy (non-hydrogen) atoms. The third-order valence-corrected chi connectivity index (χ3v) is 3.03. The average molecular weight is 250 g/mol. The largest absolute Gasteiger partial charge is 0.398 e. The van der Waals surface area contributed by atoms with Gasteiger partial charge in [0.05, 0.1) is 0 Å². The highest BCUT2D eigenvalue weighted by Crippen LogP contribution is 2.18. The van der Waals surface area contributed by atoms with E-state index in [-0.39, 0.29) is 18.6 Å².